The maximum absolute atomic E-state index is 8.74. The number of benzene rings is 3. The first-order valence-electron chi connectivity index (χ1n) is 6.97. The van der Waals surface area contributed by atoms with Crippen molar-refractivity contribution in [1.29, 1.82) is 0 Å². The van der Waals surface area contributed by atoms with Crippen molar-refractivity contribution in [3.05, 3.63) is 88.3 Å². The van der Waals surface area contributed by atoms with E-state index in [2.05, 4.69) is 21.9 Å². The Morgan fingerprint density at radius 3 is 2.32 bits per heavy atom. The van der Waals surface area contributed by atoms with E-state index in [0.717, 1.165) is 21.9 Å². The Hall–Kier alpha value is -3.21. The van der Waals surface area contributed by atoms with Gasteiger partial charge in [0.1, 0.15) is 0 Å². The highest BCUT2D eigenvalue weighted by molar-refractivity contribution is 5.86. The molecule has 0 aromatic heterocycles. The van der Waals surface area contributed by atoms with Crippen LogP contribution in [0, 0.1) is 11.8 Å². The zero-order valence-corrected chi connectivity index (χ0v) is 11.9. The minimum absolute atomic E-state index is 0.550. The third-order valence-electron chi connectivity index (χ3n) is 3.38. The van der Waals surface area contributed by atoms with Crippen LogP contribution in [-0.2, 0) is 6.42 Å². The van der Waals surface area contributed by atoms with Crippen LogP contribution in [0.1, 0.15) is 11.1 Å². The summed E-state index contributed by atoms with van der Waals surface area (Å²) < 4.78 is 0. The predicted octanol–water partition coefficient (Wildman–Crippen LogP) is 5.38. The lowest BCUT2D eigenvalue weighted by Crippen LogP contribution is -1.84. The molecule has 0 radical (unpaired) electrons. The van der Waals surface area contributed by atoms with Crippen LogP contribution >= 0.6 is 0 Å². The average molecular weight is 283 g/mol. The molecule has 104 valence electrons. The van der Waals surface area contributed by atoms with Gasteiger partial charge in [0.15, 0.2) is 0 Å². The number of fused-ring (bicyclic) bond motifs is 1. The average Bonchev–Trinajstić information content (AvgIpc) is 2.56. The maximum Gasteiger partial charge on any atom is 0.0423 e. The Balaban J connectivity index is 1.97. The number of nitrogens with zero attached hydrogens (tertiary/aromatic N) is 3. The van der Waals surface area contributed by atoms with E-state index < -0.39 is 0 Å². The maximum atomic E-state index is 8.74. The summed E-state index contributed by atoms with van der Waals surface area (Å²) in [6.07, 6.45) is 0.550. The topological polar surface area (TPSA) is 48.8 Å². The summed E-state index contributed by atoms with van der Waals surface area (Å²) in [5.41, 5.74) is 11.3. The van der Waals surface area contributed by atoms with Crippen LogP contribution < -0.4 is 0 Å². The number of hydrogen-bond acceptors (Lipinski definition) is 1. The Labute approximate surface area is 128 Å². The van der Waals surface area contributed by atoms with Crippen molar-refractivity contribution in [1.82, 2.24) is 0 Å². The lowest BCUT2D eigenvalue weighted by atomic mass is 10.0. The molecule has 0 unspecified atom stereocenters. The minimum atomic E-state index is 0.550. The lowest BCUT2D eigenvalue weighted by Gasteiger charge is -2.05. The highest BCUT2D eigenvalue weighted by Gasteiger charge is 2.02. The number of hydrogen-bond donors (Lipinski definition) is 0. The molecule has 0 heterocycles. The highest BCUT2D eigenvalue weighted by Crippen LogP contribution is 2.27. The first-order valence-corrected chi connectivity index (χ1v) is 6.97. The molecule has 3 rings (SSSR count). The standard InChI is InChI=1S/C19H13N3/c20-22-21-19-14-17-11-5-4-10-16(17)13-18(19)12-6-9-15-7-2-1-3-8-15/h1-5,7-8,10-11,13-14H,12H2. The van der Waals surface area contributed by atoms with E-state index in [1.54, 1.807) is 0 Å². The van der Waals surface area contributed by atoms with Gasteiger partial charge in [-0.3, -0.25) is 0 Å². The first kappa shape index (κ1) is 13.8. The molecule has 3 heteroatoms. The van der Waals surface area contributed by atoms with Crippen LogP contribution in [0.3, 0.4) is 0 Å². The first-order chi connectivity index (χ1) is 10.9. The molecule has 0 saturated heterocycles. The molecule has 0 fully saturated rings. The van der Waals surface area contributed by atoms with Crippen molar-refractivity contribution >= 4 is 16.5 Å². The zero-order chi connectivity index (χ0) is 15.2. The van der Waals surface area contributed by atoms with Crippen LogP contribution in [0.4, 0.5) is 5.69 Å². The molecule has 0 spiro atoms. The summed E-state index contributed by atoms with van der Waals surface area (Å²) in [5.74, 6) is 6.27. The van der Waals surface area contributed by atoms with Gasteiger partial charge >= 0.3 is 0 Å². The van der Waals surface area contributed by atoms with Gasteiger partial charge in [-0.2, -0.15) is 0 Å². The summed E-state index contributed by atoms with van der Waals surface area (Å²) in [4.78, 5) is 2.92. The molecule has 0 saturated carbocycles. The molecule has 3 aromatic carbocycles. The Morgan fingerprint density at radius 2 is 1.59 bits per heavy atom. The van der Waals surface area contributed by atoms with Crippen molar-refractivity contribution in [3.8, 4) is 11.8 Å². The largest absolute Gasteiger partial charge is 0.0931 e. The van der Waals surface area contributed by atoms with Gasteiger partial charge in [-0.15, -0.1) is 0 Å². The molecule has 0 aliphatic carbocycles. The molecule has 0 aliphatic heterocycles. The second-order valence-electron chi connectivity index (χ2n) is 4.86. The van der Waals surface area contributed by atoms with Crippen LogP contribution in [-0.4, -0.2) is 0 Å². The van der Waals surface area contributed by atoms with Crippen molar-refractivity contribution in [2.24, 2.45) is 5.11 Å². The van der Waals surface area contributed by atoms with E-state index in [9.17, 15) is 0 Å². The fourth-order valence-electron chi connectivity index (χ4n) is 2.32. The number of azide groups is 1. The molecule has 22 heavy (non-hydrogen) atoms. The molecule has 3 aromatic rings. The van der Waals surface area contributed by atoms with Crippen molar-refractivity contribution in [3.63, 3.8) is 0 Å². The van der Waals surface area contributed by atoms with Crippen LogP contribution in [0.25, 0.3) is 21.2 Å². The smallest absolute Gasteiger partial charge is 0.0423 e. The fourth-order valence-corrected chi connectivity index (χ4v) is 2.32. The third kappa shape index (κ3) is 3.09. The van der Waals surface area contributed by atoms with E-state index in [1.165, 1.54) is 0 Å². The Kier molecular flexibility index (Phi) is 4.06. The van der Waals surface area contributed by atoms with E-state index >= 15 is 0 Å². The zero-order valence-electron chi connectivity index (χ0n) is 11.9. The summed E-state index contributed by atoms with van der Waals surface area (Å²) in [6.45, 7) is 0. The summed E-state index contributed by atoms with van der Waals surface area (Å²) in [7, 11) is 0. The summed E-state index contributed by atoms with van der Waals surface area (Å²) in [5, 5.41) is 5.98. The SMILES string of the molecule is [N-]=[N+]=Nc1cc2ccccc2cc1CC#Cc1ccccc1. The fraction of sp³-hybridized carbons (Fsp3) is 0.0526. The third-order valence-corrected chi connectivity index (χ3v) is 3.38. The van der Waals surface area contributed by atoms with Gasteiger partial charge in [0, 0.05) is 22.6 Å². The van der Waals surface area contributed by atoms with Gasteiger partial charge < -0.3 is 0 Å². The van der Waals surface area contributed by atoms with Crippen LogP contribution in [0.2, 0.25) is 0 Å². The highest BCUT2D eigenvalue weighted by atomic mass is 15.1. The van der Waals surface area contributed by atoms with E-state index in [-0.39, 0.29) is 0 Å². The minimum Gasteiger partial charge on any atom is -0.0931 e. The van der Waals surface area contributed by atoms with Gasteiger partial charge in [0.25, 0.3) is 0 Å². The molecule has 0 bridgehead atoms. The Morgan fingerprint density at radius 1 is 0.909 bits per heavy atom. The molecule has 0 aliphatic rings. The van der Waals surface area contributed by atoms with Gasteiger partial charge in [0.05, 0.1) is 0 Å². The lowest BCUT2D eigenvalue weighted by molar-refractivity contribution is 1.29. The summed E-state index contributed by atoms with van der Waals surface area (Å²) in [6, 6.07) is 21.8. The second kappa shape index (κ2) is 6.49. The molecular weight excluding hydrogens is 270 g/mol. The van der Waals surface area contributed by atoms with Crippen molar-refractivity contribution in [2.75, 3.05) is 0 Å². The van der Waals surface area contributed by atoms with E-state index in [0.29, 0.717) is 12.1 Å². The van der Waals surface area contributed by atoms with Gasteiger partial charge in [0.2, 0.25) is 0 Å². The molecule has 0 amide bonds. The predicted molar refractivity (Wildman–Crippen MR) is 89.8 cm³/mol. The normalized spacial score (nSPS) is 9.64. The molecule has 0 N–H and O–H groups in total. The molecular formula is C19H13N3. The van der Waals surface area contributed by atoms with E-state index in [4.69, 9.17) is 5.53 Å². The number of rotatable bonds is 2. The second-order valence-corrected chi connectivity index (χ2v) is 4.86. The van der Waals surface area contributed by atoms with Gasteiger partial charge in [-0.1, -0.05) is 59.4 Å². The Bertz CT molecular complexity index is 912. The van der Waals surface area contributed by atoms with E-state index in [1.807, 2.05) is 66.7 Å². The molecule has 3 nitrogen and oxygen atoms in total. The monoisotopic (exact) mass is 283 g/mol. The van der Waals surface area contributed by atoms with Crippen molar-refractivity contribution in [2.45, 2.75) is 6.42 Å². The molecule has 0 atom stereocenters. The quantitative estimate of drug-likeness (QED) is 0.262. The van der Waals surface area contributed by atoms with Crippen molar-refractivity contribution < 1.29 is 0 Å². The van der Waals surface area contributed by atoms with Gasteiger partial charge in [-0.05, 0) is 46.1 Å². The summed E-state index contributed by atoms with van der Waals surface area (Å²) >= 11 is 0. The van der Waals surface area contributed by atoms with Crippen LogP contribution in [0.5, 0.6) is 0 Å². The van der Waals surface area contributed by atoms with Gasteiger partial charge in [-0.25, -0.2) is 0 Å². The van der Waals surface area contributed by atoms with Crippen LogP contribution in [0.15, 0.2) is 71.8 Å².